The van der Waals surface area contributed by atoms with Gasteiger partial charge in [-0.3, -0.25) is 14.5 Å². The average Bonchev–Trinajstić information content (AvgIpc) is 2.86. The molecule has 1 aliphatic heterocycles. The quantitative estimate of drug-likeness (QED) is 0.607. The summed E-state index contributed by atoms with van der Waals surface area (Å²) in [6, 6.07) is 0. The van der Waals surface area contributed by atoms with Crippen molar-refractivity contribution in [3.63, 3.8) is 0 Å². The van der Waals surface area contributed by atoms with Gasteiger partial charge in [-0.15, -0.1) is 0 Å². The van der Waals surface area contributed by atoms with Gasteiger partial charge in [-0.2, -0.15) is 13.2 Å². The minimum Gasteiger partial charge on any atom is -0.285 e. The molecule has 2 bridgehead atoms. The molecule has 3 aliphatic rings. The fourth-order valence-corrected chi connectivity index (χ4v) is 3.98. The molecular weight excluding hydrogens is 235 g/mol. The molecule has 3 fully saturated rings. The van der Waals surface area contributed by atoms with Gasteiger partial charge in [-0.05, 0) is 24.7 Å². The monoisotopic (exact) mass is 247 g/mol. The zero-order valence-corrected chi connectivity index (χ0v) is 9.20. The van der Waals surface area contributed by atoms with Crippen molar-refractivity contribution < 1.29 is 22.8 Å². The van der Waals surface area contributed by atoms with Crippen molar-refractivity contribution in [2.45, 2.75) is 19.0 Å². The molecule has 1 saturated heterocycles. The number of hydrogen-bond acceptors (Lipinski definition) is 2. The summed E-state index contributed by atoms with van der Waals surface area (Å²) in [5.41, 5.74) is 0. The molecule has 0 aromatic carbocycles. The average molecular weight is 247 g/mol. The molecule has 0 N–H and O–H groups in total. The van der Waals surface area contributed by atoms with E-state index in [1.807, 2.05) is 0 Å². The summed E-state index contributed by atoms with van der Waals surface area (Å²) in [7, 11) is 1.37. The lowest BCUT2D eigenvalue weighted by atomic mass is 9.75. The fraction of sp³-hybridized carbons (Fsp3) is 0.818. The van der Waals surface area contributed by atoms with E-state index in [1.54, 1.807) is 0 Å². The largest absolute Gasteiger partial charge is 0.392 e. The molecular formula is C11H12F3NO2. The normalized spacial score (nSPS) is 44.7. The molecule has 2 aliphatic carbocycles. The van der Waals surface area contributed by atoms with Crippen molar-refractivity contribution in [2.24, 2.45) is 29.6 Å². The lowest BCUT2D eigenvalue weighted by molar-refractivity contribution is -0.193. The molecule has 0 aromatic rings. The van der Waals surface area contributed by atoms with Gasteiger partial charge in [0, 0.05) is 7.05 Å². The van der Waals surface area contributed by atoms with Crippen LogP contribution in [0.1, 0.15) is 12.8 Å². The summed E-state index contributed by atoms with van der Waals surface area (Å²) in [5, 5.41) is 0. The van der Waals surface area contributed by atoms with E-state index in [4.69, 9.17) is 0 Å². The van der Waals surface area contributed by atoms with E-state index < -0.39 is 35.8 Å². The molecule has 5 atom stereocenters. The van der Waals surface area contributed by atoms with Gasteiger partial charge in [0.2, 0.25) is 11.8 Å². The highest BCUT2D eigenvalue weighted by molar-refractivity contribution is 6.05. The molecule has 2 amide bonds. The highest BCUT2D eigenvalue weighted by atomic mass is 19.4. The summed E-state index contributed by atoms with van der Waals surface area (Å²) in [5.74, 6) is -4.20. The molecule has 6 heteroatoms. The van der Waals surface area contributed by atoms with E-state index in [2.05, 4.69) is 0 Å². The van der Waals surface area contributed by atoms with Crippen LogP contribution < -0.4 is 0 Å². The molecule has 2 saturated carbocycles. The number of alkyl halides is 3. The maximum Gasteiger partial charge on any atom is 0.392 e. The van der Waals surface area contributed by atoms with Gasteiger partial charge in [-0.25, -0.2) is 0 Å². The predicted octanol–water partition coefficient (Wildman–Crippen LogP) is 1.44. The van der Waals surface area contributed by atoms with Gasteiger partial charge in [0.25, 0.3) is 0 Å². The van der Waals surface area contributed by atoms with Crippen molar-refractivity contribution >= 4 is 11.8 Å². The van der Waals surface area contributed by atoms with Gasteiger partial charge >= 0.3 is 6.18 Å². The van der Waals surface area contributed by atoms with Crippen LogP contribution in [0.2, 0.25) is 0 Å². The first-order valence-corrected chi connectivity index (χ1v) is 5.70. The number of hydrogen-bond donors (Lipinski definition) is 0. The Bertz CT molecular complexity index is 406. The zero-order valence-electron chi connectivity index (χ0n) is 9.20. The number of nitrogens with zero attached hydrogens (tertiary/aromatic N) is 1. The van der Waals surface area contributed by atoms with Crippen LogP contribution in [0.3, 0.4) is 0 Å². The van der Waals surface area contributed by atoms with Crippen LogP contribution in [0.15, 0.2) is 0 Å². The van der Waals surface area contributed by atoms with Crippen LogP contribution in [-0.2, 0) is 9.59 Å². The Labute approximate surface area is 96.0 Å². The number of carbonyl (C=O) groups is 2. The van der Waals surface area contributed by atoms with E-state index in [1.165, 1.54) is 7.05 Å². The first-order valence-electron chi connectivity index (χ1n) is 5.70. The van der Waals surface area contributed by atoms with Gasteiger partial charge in [0.1, 0.15) is 0 Å². The van der Waals surface area contributed by atoms with Crippen LogP contribution in [0.4, 0.5) is 13.2 Å². The number of halogens is 3. The zero-order chi connectivity index (χ0) is 12.5. The van der Waals surface area contributed by atoms with Crippen LogP contribution in [0.5, 0.6) is 0 Å². The van der Waals surface area contributed by atoms with Crippen molar-refractivity contribution in [1.82, 2.24) is 4.90 Å². The fourth-order valence-electron chi connectivity index (χ4n) is 3.98. The van der Waals surface area contributed by atoms with Gasteiger partial charge in [-0.1, -0.05) is 0 Å². The van der Waals surface area contributed by atoms with E-state index in [0.29, 0.717) is 6.42 Å². The maximum atomic E-state index is 12.8. The van der Waals surface area contributed by atoms with Crippen LogP contribution in [0.25, 0.3) is 0 Å². The third-order valence-electron chi connectivity index (χ3n) is 4.66. The summed E-state index contributed by atoms with van der Waals surface area (Å²) >= 11 is 0. The molecule has 94 valence electrons. The van der Waals surface area contributed by atoms with Crippen molar-refractivity contribution in [3.05, 3.63) is 0 Å². The predicted molar refractivity (Wildman–Crippen MR) is 50.5 cm³/mol. The van der Waals surface area contributed by atoms with Crippen LogP contribution >= 0.6 is 0 Å². The van der Waals surface area contributed by atoms with E-state index in [-0.39, 0.29) is 18.2 Å². The number of carbonyl (C=O) groups excluding carboxylic acids is 2. The first kappa shape index (κ1) is 11.0. The minimum absolute atomic E-state index is 0.0161. The second-order valence-electron chi connectivity index (χ2n) is 5.33. The Morgan fingerprint density at radius 2 is 1.71 bits per heavy atom. The molecule has 3 nitrogen and oxygen atoms in total. The highest BCUT2D eigenvalue weighted by Gasteiger charge is 2.67. The molecule has 3 rings (SSSR count). The molecule has 0 spiro atoms. The second-order valence-corrected chi connectivity index (χ2v) is 5.33. The lowest BCUT2D eigenvalue weighted by Gasteiger charge is -2.29. The summed E-state index contributed by atoms with van der Waals surface area (Å²) < 4.78 is 38.4. The maximum absolute atomic E-state index is 12.8. The highest BCUT2D eigenvalue weighted by Crippen LogP contribution is 2.61. The lowest BCUT2D eigenvalue weighted by Crippen LogP contribution is -2.37. The molecule has 0 radical (unpaired) electrons. The number of amides is 2. The van der Waals surface area contributed by atoms with E-state index in [9.17, 15) is 22.8 Å². The second kappa shape index (κ2) is 3.03. The van der Waals surface area contributed by atoms with Crippen molar-refractivity contribution in [3.8, 4) is 0 Å². The van der Waals surface area contributed by atoms with E-state index in [0.717, 1.165) is 4.90 Å². The van der Waals surface area contributed by atoms with Crippen LogP contribution in [0, 0.1) is 29.6 Å². The minimum atomic E-state index is -4.24. The number of likely N-dealkylation sites (tertiary alicyclic amines) is 1. The topological polar surface area (TPSA) is 37.4 Å². The van der Waals surface area contributed by atoms with Crippen molar-refractivity contribution in [1.29, 1.82) is 0 Å². The smallest absolute Gasteiger partial charge is 0.285 e. The Morgan fingerprint density at radius 1 is 1.12 bits per heavy atom. The third kappa shape index (κ3) is 1.24. The van der Waals surface area contributed by atoms with Crippen molar-refractivity contribution in [2.75, 3.05) is 7.05 Å². The number of rotatable bonds is 0. The first-order chi connectivity index (χ1) is 7.82. The third-order valence-corrected chi connectivity index (χ3v) is 4.66. The van der Waals surface area contributed by atoms with Gasteiger partial charge in [0.05, 0.1) is 17.8 Å². The molecule has 0 aromatic heterocycles. The molecule has 1 heterocycles. The molecule has 17 heavy (non-hydrogen) atoms. The summed E-state index contributed by atoms with van der Waals surface area (Å²) in [6.07, 6.45) is -3.85. The Hall–Kier alpha value is -1.07. The number of imide groups is 1. The standard InChI is InChI=1S/C11H12F3NO2/c1-15-9(16)7-4-2-5(8(7)10(15)17)6(3-4)11(12,13)14/h4-8H,2-3H2,1H3/t4-,5+,6?,7?,8+/m0/s1. The van der Waals surface area contributed by atoms with Gasteiger partial charge in [0.15, 0.2) is 0 Å². The Balaban J connectivity index is 1.94. The Morgan fingerprint density at radius 3 is 2.29 bits per heavy atom. The molecule has 2 unspecified atom stereocenters. The van der Waals surface area contributed by atoms with E-state index >= 15 is 0 Å². The van der Waals surface area contributed by atoms with Crippen LogP contribution in [-0.4, -0.2) is 29.9 Å². The SMILES string of the molecule is CN1C(=O)C2[C@@H]3CC(C(F)(F)F)[C@@H](C3)[C@H]2C1=O. The summed E-state index contributed by atoms with van der Waals surface area (Å²) in [6.45, 7) is 0. The van der Waals surface area contributed by atoms with Gasteiger partial charge < -0.3 is 0 Å². The summed E-state index contributed by atoms with van der Waals surface area (Å²) in [4.78, 5) is 24.6. The number of fused-ring (bicyclic) bond motifs is 5. The Kier molecular flexibility index (Phi) is 1.97.